The van der Waals surface area contributed by atoms with Crippen molar-refractivity contribution in [2.75, 3.05) is 32.8 Å². The Morgan fingerprint density at radius 2 is 1.69 bits per heavy atom. The summed E-state index contributed by atoms with van der Waals surface area (Å²) in [4.78, 5) is 47.7. The number of unbranched alkanes of at least 4 members (excludes halogenated alkanes) is 3. The average molecular weight is 504 g/mol. The van der Waals surface area contributed by atoms with Crippen molar-refractivity contribution < 1.29 is 19.5 Å². The van der Waals surface area contributed by atoms with Crippen LogP contribution in [0.25, 0.3) is 0 Å². The van der Waals surface area contributed by atoms with Gasteiger partial charge in [-0.15, -0.1) is 11.8 Å². The number of fused-ring (bicyclic) bond motifs is 2. The van der Waals surface area contributed by atoms with Crippen LogP contribution in [0.3, 0.4) is 0 Å². The minimum absolute atomic E-state index is 0.00869. The zero-order valence-corrected chi connectivity index (χ0v) is 22.4. The van der Waals surface area contributed by atoms with Crippen LogP contribution >= 0.6 is 11.8 Å². The summed E-state index contributed by atoms with van der Waals surface area (Å²) in [5.41, 5.74) is 0. The molecule has 194 valence electrons. The van der Waals surface area contributed by atoms with Gasteiger partial charge < -0.3 is 19.8 Å². The van der Waals surface area contributed by atoms with Crippen molar-refractivity contribution >= 4 is 29.5 Å². The maximum atomic E-state index is 14.2. The predicted molar refractivity (Wildman–Crippen MR) is 139 cm³/mol. The quantitative estimate of drug-likeness (QED) is 0.387. The number of hydrogen-bond donors (Lipinski definition) is 1. The number of carbonyl (C=O) groups is 3. The van der Waals surface area contributed by atoms with E-state index in [2.05, 4.69) is 32.1 Å². The summed E-state index contributed by atoms with van der Waals surface area (Å²) in [6.45, 7) is 10.6. The fourth-order valence-corrected chi connectivity index (χ4v) is 8.67. The smallest absolute Gasteiger partial charge is 0.247 e. The fraction of sp³-hybridized carbons (Fsp3) is 0.741. The number of amides is 3. The van der Waals surface area contributed by atoms with E-state index in [4.69, 9.17) is 5.11 Å². The minimum Gasteiger partial charge on any atom is -0.396 e. The molecule has 8 heteroatoms. The number of likely N-dealkylation sites (tertiary alicyclic amines) is 1. The number of carbonyl (C=O) groups excluding carboxylic acids is 3. The van der Waals surface area contributed by atoms with Crippen molar-refractivity contribution in [1.29, 1.82) is 0 Å². The molecule has 1 N–H and O–H groups in total. The van der Waals surface area contributed by atoms with E-state index in [1.165, 1.54) is 0 Å². The molecule has 2 saturated heterocycles. The molecule has 4 rings (SSSR count). The maximum absolute atomic E-state index is 14.2. The largest absolute Gasteiger partial charge is 0.396 e. The predicted octanol–water partition coefficient (Wildman–Crippen LogP) is 2.84. The average Bonchev–Trinajstić information content (AvgIpc) is 3.07. The molecule has 1 unspecified atom stereocenters. The Kier molecular flexibility index (Phi) is 7.72. The van der Waals surface area contributed by atoms with Gasteiger partial charge in [-0.3, -0.25) is 14.4 Å². The number of thioether (sulfide) groups is 1. The van der Waals surface area contributed by atoms with Gasteiger partial charge in [0.25, 0.3) is 0 Å². The lowest BCUT2D eigenvalue weighted by molar-refractivity contribution is -0.145. The second kappa shape index (κ2) is 10.3. The first kappa shape index (κ1) is 26.3. The molecule has 0 bridgehead atoms. The van der Waals surface area contributed by atoms with Crippen molar-refractivity contribution in [1.82, 2.24) is 14.7 Å². The number of aliphatic hydroxyl groups is 1. The van der Waals surface area contributed by atoms with E-state index in [0.29, 0.717) is 26.2 Å². The summed E-state index contributed by atoms with van der Waals surface area (Å²) >= 11 is 1.66. The molecule has 2 fully saturated rings. The van der Waals surface area contributed by atoms with Gasteiger partial charge in [-0.05, 0) is 40.0 Å². The van der Waals surface area contributed by atoms with Gasteiger partial charge in [-0.25, -0.2) is 0 Å². The Bertz CT molecular complexity index is 905. The van der Waals surface area contributed by atoms with Crippen molar-refractivity contribution in [3.63, 3.8) is 0 Å². The summed E-state index contributed by atoms with van der Waals surface area (Å²) < 4.78 is -1.29. The molecule has 0 aromatic heterocycles. The van der Waals surface area contributed by atoms with Crippen LogP contribution in [0.5, 0.6) is 0 Å². The molecule has 4 aliphatic heterocycles. The van der Waals surface area contributed by atoms with Crippen LogP contribution in [0, 0.1) is 11.8 Å². The Balaban J connectivity index is 1.75. The molecule has 0 aromatic rings. The van der Waals surface area contributed by atoms with Crippen LogP contribution in [0.15, 0.2) is 24.3 Å². The van der Waals surface area contributed by atoms with E-state index in [1.807, 2.05) is 29.7 Å². The van der Waals surface area contributed by atoms with Gasteiger partial charge in [0.05, 0.1) is 16.6 Å². The first-order chi connectivity index (χ1) is 16.7. The number of aliphatic hydroxyl groups excluding tert-OH is 1. The molecule has 4 aliphatic rings. The van der Waals surface area contributed by atoms with Crippen LogP contribution in [-0.2, 0) is 14.4 Å². The molecule has 4 heterocycles. The zero-order chi connectivity index (χ0) is 25.4. The third kappa shape index (κ3) is 4.35. The third-order valence-corrected chi connectivity index (χ3v) is 9.89. The fourth-order valence-electron chi connectivity index (χ4n) is 6.51. The summed E-state index contributed by atoms with van der Waals surface area (Å²) in [5, 5.41) is 9.10. The Hall–Kier alpha value is -1.80. The molecule has 0 aromatic carbocycles. The van der Waals surface area contributed by atoms with E-state index >= 15 is 0 Å². The van der Waals surface area contributed by atoms with Gasteiger partial charge in [0.15, 0.2) is 0 Å². The summed E-state index contributed by atoms with van der Waals surface area (Å²) in [5.74, 6) is -1.07. The Labute approximate surface area is 214 Å². The van der Waals surface area contributed by atoms with Gasteiger partial charge >= 0.3 is 0 Å². The van der Waals surface area contributed by atoms with Gasteiger partial charge in [0, 0.05) is 43.6 Å². The number of rotatable bonds is 9. The molecule has 7 nitrogen and oxygen atoms in total. The lowest BCUT2D eigenvalue weighted by Gasteiger charge is -2.37. The van der Waals surface area contributed by atoms with Crippen LogP contribution in [0.1, 0.15) is 59.8 Å². The molecule has 0 aliphatic carbocycles. The van der Waals surface area contributed by atoms with Gasteiger partial charge in [-0.1, -0.05) is 44.1 Å². The van der Waals surface area contributed by atoms with E-state index in [-0.39, 0.29) is 30.4 Å². The van der Waals surface area contributed by atoms with Crippen molar-refractivity contribution in [2.24, 2.45) is 11.8 Å². The molecule has 0 radical (unpaired) electrons. The van der Waals surface area contributed by atoms with Crippen molar-refractivity contribution in [3.05, 3.63) is 24.3 Å². The molecule has 0 saturated carbocycles. The highest BCUT2D eigenvalue weighted by atomic mass is 32.2. The van der Waals surface area contributed by atoms with E-state index in [9.17, 15) is 14.4 Å². The van der Waals surface area contributed by atoms with Gasteiger partial charge in [-0.2, -0.15) is 0 Å². The zero-order valence-electron chi connectivity index (χ0n) is 21.6. The van der Waals surface area contributed by atoms with E-state index in [1.54, 1.807) is 16.7 Å². The normalized spacial score (nSPS) is 34.4. The molecule has 5 atom stereocenters. The second-order valence-electron chi connectivity index (χ2n) is 10.8. The van der Waals surface area contributed by atoms with Gasteiger partial charge in [0.2, 0.25) is 17.7 Å². The molecular formula is C27H41N3O4S. The summed E-state index contributed by atoms with van der Waals surface area (Å²) in [6.07, 6.45) is 12.5. The topological polar surface area (TPSA) is 81.2 Å². The number of nitrogens with zero attached hydrogens (tertiary/aromatic N) is 3. The lowest BCUT2D eigenvalue weighted by atomic mass is 9.74. The molecular weight excluding hydrogens is 462 g/mol. The van der Waals surface area contributed by atoms with Gasteiger partial charge in [0.1, 0.15) is 6.04 Å². The van der Waals surface area contributed by atoms with Crippen LogP contribution in [0.2, 0.25) is 0 Å². The SMILES string of the molecule is CCCN1CC=C[C@@]2(C)S[C@]34C=CCN(C(C)C)C(=O)C3N(CCCCCCO)C(=O)[C@@H]4[C@H]2C1=O. The van der Waals surface area contributed by atoms with Crippen LogP contribution in [-0.4, -0.2) is 91.9 Å². The molecule has 3 amide bonds. The first-order valence-electron chi connectivity index (χ1n) is 13.3. The highest BCUT2D eigenvalue weighted by molar-refractivity contribution is 8.02. The monoisotopic (exact) mass is 503 g/mol. The van der Waals surface area contributed by atoms with Crippen molar-refractivity contribution in [2.45, 2.75) is 81.4 Å². The third-order valence-electron chi connectivity index (χ3n) is 8.10. The van der Waals surface area contributed by atoms with E-state index in [0.717, 1.165) is 32.1 Å². The van der Waals surface area contributed by atoms with Crippen LogP contribution < -0.4 is 0 Å². The standard InChI is InChI=1S/C27H41N3O4S/c1-5-14-28-15-10-12-26(4)20(23(28)32)21-24(33)30(16-8-6-7-9-18-31)22-25(34)29(19(2)3)17-11-13-27(21,22)35-26/h10-13,19-22,31H,5-9,14-18H2,1-4H3/t20-,21-,22?,26+,27-/m0/s1. The molecule has 35 heavy (non-hydrogen) atoms. The Morgan fingerprint density at radius 3 is 2.37 bits per heavy atom. The Morgan fingerprint density at radius 1 is 0.971 bits per heavy atom. The van der Waals surface area contributed by atoms with Crippen molar-refractivity contribution in [3.8, 4) is 0 Å². The minimum atomic E-state index is -0.752. The number of hydrogen-bond acceptors (Lipinski definition) is 5. The highest BCUT2D eigenvalue weighted by Gasteiger charge is 2.73. The highest BCUT2D eigenvalue weighted by Crippen LogP contribution is 2.65. The summed E-state index contributed by atoms with van der Waals surface area (Å²) in [7, 11) is 0. The van der Waals surface area contributed by atoms with E-state index < -0.39 is 27.4 Å². The lowest BCUT2D eigenvalue weighted by Crippen LogP contribution is -2.54. The second-order valence-corrected chi connectivity index (χ2v) is 12.6. The molecule has 1 spiro atoms. The maximum Gasteiger partial charge on any atom is 0.247 e. The summed E-state index contributed by atoms with van der Waals surface area (Å²) in [6, 6.07) is -0.578. The first-order valence-corrected chi connectivity index (χ1v) is 14.1. The van der Waals surface area contributed by atoms with Crippen LogP contribution in [0.4, 0.5) is 0 Å².